The van der Waals surface area contributed by atoms with E-state index in [2.05, 4.69) is 10.5 Å². The van der Waals surface area contributed by atoms with Crippen LogP contribution in [-0.4, -0.2) is 78.0 Å². The van der Waals surface area contributed by atoms with Crippen LogP contribution in [0.3, 0.4) is 0 Å². The standard InChI is InChI=1S/C14H21N3O3.2CH4O3S/c1-18-12-3-4-14(19-2)10(5-12)9-20-17-13-8-16-7-11(13)6-15;2*1-5(2,3)4/h3-5,11,16H,6-9,15H2,1-2H3;2*1H3,(H,2,3,4)/b17-13+;;. The molecule has 174 valence electrons. The first-order valence-corrected chi connectivity index (χ1v) is 12.1. The zero-order chi connectivity index (χ0) is 23.4. The lowest BCUT2D eigenvalue weighted by Gasteiger charge is -2.10. The summed E-state index contributed by atoms with van der Waals surface area (Å²) in [6.45, 7) is 2.51. The number of oxime groups is 1. The van der Waals surface area contributed by atoms with Crippen LogP contribution in [-0.2, 0) is 31.7 Å². The summed E-state index contributed by atoms with van der Waals surface area (Å²) in [5.41, 5.74) is 7.54. The topological polar surface area (TPSA) is 187 Å². The molecule has 14 heteroatoms. The lowest BCUT2D eigenvalue weighted by Crippen LogP contribution is -2.22. The number of ether oxygens (including phenoxy) is 2. The summed E-state index contributed by atoms with van der Waals surface area (Å²) < 4.78 is 62.2. The summed E-state index contributed by atoms with van der Waals surface area (Å²) in [4.78, 5) is 5.43. The second-order valence-corrected chi connectivity index (χ2v) is 9.00. The van der Waals surface area contributed by atoms with E-state index in [4.69, 9.17) is 29.2 Å². The predicted molar refractivity (Wildman–Crippen MR) is 112 cm³/mol. The lowest BCUT2D eigenvalue weighted by molar-refractivity contribution is 0.127. The van der Waals surface area contributed by atoms with E-state index in [0.717, 1.165) is 35.9 Å². The van der Waals surface area contributed by atoms with E-state index in [1.54, 1.807) is 14.2 Å². The first kappa shape index (κ1) is 28.0. The van der Waals surface area contributed by atoms with Crippen molar-refractivity contribution in [3.8, 4) is 11.5 Å². The summed E-state index contributed by atoms with van der Waals surface area (Å²) in [5.74, 6) is 1.78. The molecule has 0 amide bonds. The third-order valence-corrected chi connectivity index (χ3v) is 3.34. The third-order valence-electron chi connectivity index (χ3n) is 3.34. The number of hydrogen-bond acceptors (Lipinski definition) is 10. The normalized spacial score (nSPS) is 17.3. The monoisotopic (exact) mass is 471 g/mol. The van der Waals surface area contributed by atoms with Gasteiger partial charge in [-0.1, -0.05) is 5.16 Å². The molecule has 0 radical (unpaired) electrons. The fourth-order valence-corrected chi connectivity index (χ4v) is 2.14. The fraction of sp³-hybridized carbons (Fsp3) is 0.562. The van der Waals surface area contributed by atoms with Gasteiger partial charge in [0, 0.05) is 31.1 Å². The molecule has 1 aliphatic heterocycles. The zero-order valence-electron chi connectivity index (χ0n) is 17.2. The van der Waals surface area contributed by atoms with Crippen LogP contribution in [0.15, 0.2) is 23.4 Å². The molecular weight excluding hydrogens is 442 g/mol. The molecule has 0 aromatic heterocycles. The van der Waals surface area contributed by atoms with Crippen LogP contribution >= 0.6 is 0 Å². The minimum Gasteiger partial charge on any atom is -0.497 e. The molecule has 1 aliphatic rings. The van der Waals surface area contributed by atoms with Crippen molar-refractivity contribution in [1.29, 1.82) is 0 Å². The first-order valence-electron chi connectivity index (χ1n) is 8.43. The molecule has 0 aliphatic carbocycles. The Bertz CT molecular complexity index is 841. The molecular formula is C16H29N3O9S2. The average Bonchev–Trinajstić information content (AvgIpc) is 3.06. The van der Waals surface area contributed by atoms with Crippen molar-refractivity contribution in [1.82, 2.24) is 5.32 Å². The van der Waals surface area contributed by atoms with Gasteiger partial charge in [0.15, 0.2) is 0 Å². The van der Waals surface area contributed by atoms with E-state index >= 15 is 0 Å². The lowest BCUT2D eigenvalue weighted by atomic mass is 10.1. The quantitative estimate of drug-likeness (QED) is 0.317. The van der Waals surface area contributed by atoms with Gasteiger partial charge in [-0.25, -0.2) is 0 Å². The number of rotatable bonds is 6. The van der Waals surface area contributed by atoms with E-state index in [9.17, 15) is 16.8 Å². The Morgan fingerprint density at radius 1 is 1.13 bits per heavy atom. The molecule has 1 aromatic rings. The minimum absolute atomic E-state index is 0.266. The minimum atomic E-state index is -3.67. The van der Waals surface area contributed by atoms with E-state index in [0.29, 0.717) is 25.7 Å². The maximum Gasteiger partial charge on any atom is 0.261 e. The van der Waals surface area contributed by atoms with Crippen molar-refractivity contribution in [3.63, 3.8) is 0 Å². The van der Waals surface area contributed by atoms with Gasteiger partial charge in [-0.15, -0.1) is 0 Å². The molecule has 0 bridgehead atoms. The predicted octanol–water partition coefficient (Wildman–Crippen LogP) is -0.237. The Morgan fingerprint density at radius 2 is 1.70 bits per heavy atom. The van der Waals surface area contributed by atoms with Crippen LogP contribution in [0.5, 0.6) is 11.5 Å². The highest BCUT2D eigenvalue weighted by atomic mass is 32.2. The molecule has 0 saturated carbocycles. The second kappa shape index (κ2) is 13.4. The van der Waals surface area contributed by atoms with Gasteiger partial charge in [0.05, 0.1) is 32.4 Å². The Hall–Kier alpha value is -1.97. The smallest absolute Gasteiger partial charge is 0.261 e. The van der Waals surface area contributed by atoms with Gasteiger partial charge < -0.3 is 25.4 Å². The fourth-order valence-electron chi connectivity index (χ4n) is 2.14. The molecule has 1 aromatic carbocycles. The van der Waals surface area contributed by atoms with E-state index < -0.39 is 20.2 Å². The van der Waals surface area contributed by atoms with Gasteiger partial charge in [0.25, 0.3) is 20.2 Å². The van der Waals surface area contributed by atoms with Crippen molar-refractivity contribution in [2.75, 3.05) is 46.4 Å². The van der Waals surface area contributed by atoms with Crippen molar-refractivity contribution in [2.45, 2.75) is 6.61 Å². The Balaban J connectivity index is 0.000000702. The SMILES string of the molecule is COc1ccc(OC)c(CO/N=C2\CNCC2CN)c1.CS(=O)(=O)O.CS(=O)(=O)O. The van der Waals surface area contributed by atoms with Crippen LogP contribution in [0.2, 0.25) is 0 Å². The number of nitrogens with zero attached hydrogens (tertiary/aromatic N) is 1. The highest BCUT2D eigenvalue weighted by Crippen LogP contribution is 2.24. The van der Waals surface area contributed by atoms with Crippen molar-refractivity contribution in [3.05, 3.63) is 23.8 Å². The van der Waals surface area contributed by atoms with E-state index in [1.165, 1.54) is 0 Å². The largest absolute Gasteiger partial charge is 0.497 e. The van der Waals surface area contributed by atoms with Gasteiger partial charge in [-0.2, -0.15) is 16.8 Å². The Kier molecular flexibility index (Phi) is 12.5. The van der Waals surface area contributed by atoms with Crippen LogP contribution < -0.4 is 20.5 Å². The first-order chi connectivity index (χ1) is 13.8. The maximum atomic E-state index is 9.19. The summed E-state index contributed by atoms with van der Waals surface area (Å²) in [6, 6.07) is 5.58. The number of benzene rings is 1. The Morgan fingerprint density at radius 3 is 2.17 bits per heavy atom. The molecule has 5 N–H and O–H groups in total. The van der Waals surface area contributed by atoms with Gasteiger partial charge in [0.2, 0.25) is 0 Å². The van der Waals surface area contributed by atoms with Crippen molar-refractivity contribution in [2.24, 2.45) is 16.8 Å². The van der Waals surface area contributed by atoms with Gasteiger partial charge in [-0.05, 0) is 18.2 Å². The third kappa shape index (κ3) is 14.9. The number of nitrogens with one attached hydrogen (secondary N) is 1. The highest BCUT2D eigenvalue weighted by molar-refractivity contribution is 7.85. The maximum absolute atomic E-state index is 9.19. The summed E-state index contributed by atoms with van der Waals surface area (Å²) in [7, 11) is -4.08. The Labute approximate surface area is 176 Å². The molecule has 1 fully saturated rings. The van der Waals surface area contributed by atoms with Crippen molar-refractivity contribution >= 4 is 25.9 Å². The van der Waals surface area contributed by atoms with Crippen LogP contribution in [0.1, 0.15) is 5.56 Å². The number of nitrogens with two attached hydrogens (primary N) is 1. The van der Waals surface area contributed by atoms with Gasteiger partial charge in [0.1, 0.15) is 18.1 Å². The molecule has 1 unspecified atom stereocenters. The number of hydrogen-bond donors (Lipinski definition) is 4. The average molecular weight is 472 g/mol. The zero-order valence-corrected chi connectivity index (χ0v) is 18.9. The highest BCUT2D eigenvalue weighted by Gasteiger charge is 2.21. The summed E-state index contributed by atoms with van der Waals surface area (Å²) >= 11 is 0. The van der Waals surface area contributed by atoms with Gasteiger partial charge >= 0.3 is 0 Å². The molecule has 2 rings (SSSR count). The second-order valence-electron chi connectivity index (χ2n) is 6.06. The molecule has 0 spiro atoms. The summed E-state index contributed by atoms with van der Waals surface area (Å²) in [5, 5.41) is 7.41. The molecule has 30 heavy (non-hydrogen) atoms. The van der Waals surface area contributed by atoms with E-state index in [-0.39, 0.29) is 5.92 Å². The molecule has 12 nitrogen and oxygen atoms in total. The van der Waals surface area contributed by atoms with Crippen LogP contribution in [0, 0.1) is 5.92 Å². The molecule has 1 atom stereocenters. The van der Waals surface area contributed by atoms with Crippen LogP contribution in [0.25, 0.3) is 0 Å². The molecule has 1 saturated heterocycles. The van der Waals surface area contributed by atoms with Crippen LogP contribution in [0.4, 0.5) is 0 Å². The van der Waals surface area contributed by atoms with Crippen molar-refractivity contribution < 1.29 is 40.3 Å². The number of methoxy groups -OCH3 is 2. The summed E-state index contributed by atoms with van der Waals surface area (Å²) in [6.07, 6.45) is 1.43. The van der Waals surface area contributed by atoms with E-state index in [1.807, 2.05) is 18.2 Å². The molecule has 1 heterocycles. The van der Waals surface area contributed by atoms with Gasteiger partial charge in [-0.3, -0.25) is 9.11 Å².